The molecule has 0 fully saturated rings. The minimum absolute atomic E-state index is 0.0494. The molecule has 0 aromatic heterocycles. The molecular formula is C14H22O4. The fourth-order valence-electron chi connectivity index (χ4n) is 1.60. The van der Waals surface area contributed by atoms with Crippen LogP contribution in [0.3, 0.4) is 0 Å². The van der Waals surface area contributed by atoms with Crippen molar-refractivity contribution in [3.8, 4) is 11.5 Å². The minimum atomic E-state index is -0.819. The van der Waals surface area contributed by atoms with Gasteiger partial charge in [0.25, 0.3) is 0 Å². The summed E-state index contributed by atoms with van der Waals surface area (Å²) in [6.07, 6.45) is 1.26. The lowest BCUT2D eigenvalue weighted by atomic mass is 9.99. The molecule has 1 aromatic rings. The quantitative estimate of drug-likeness (QED) is 0.782. The highest BCUT2D eigenvalue weighted by molar-refractivity contribution is 5.42. The van der Waals surface area contributed by atoms with E-state index in [4.69, 9.17) is 14.6 Å². The van der Waals surface area contributed by atoms with Crippen LogP contribution in [0, 0.1) is 0 Å². The van der Waals surface area contributed by atoms with Gasteiger partial charge in [0.1, 0.15) is 6.61 Å². The molecule has 0 saturated heterocycles. The first-order chi connectivity index (χ1) is 8.58. The molecule has 0 aliphatic heterocycles. The van der Waals surface area contributed by atoms with E-state index in [1.807, 2.05) is 13.8 Å². The van der Waals surface area contributed by atoms with Crippen LogP contribution in [0.15, 0.2) is 18.2 Å². The van der Waals surface area contributed by atoms with Gasteiger partial charge in [0, 0.05) is 0 Å². The van der Waals surface area contributed by atoms with Gasteiger partial charge in [0.15, 0.2) is 11.5 Å². The van der Waals surface area contributed by atoms with Gasteiger partial charge in [-0.3, -0.25) is 0 Å². The Bertz CT molecular complexity index is 372. The molecule has 18 heavy (non-hydrogen) atoms. The van der Waals surface area contributed by atoms with Crippen LogP contribution in [0.4, 0.5) is 0 Å². The van der Waals surface area contributed by atoms with Crippen LogP contribution < -0.4 is 9.47 Å². The summed E-state index contributed by atoms with van der Waals surface area (Å²) in [5.41, 5.74) is -0.0671. The van der Waals surface area contributed by atoms with Crippen LogP contribution in [0.1, 0.15) is 32.3 Å². The molecule has 0 saturated carbocycles. The molecule has 0 amide bonds. The number of benzene rings is 1. The highest BCUT2D eigenvalue weighted by atomic mass is 16.5. The Balaban J connectivity index is 2.82. The van der Waals surface area contributed by atoms with Crippen molar-refractivity contribution in [1.29, 1.82) is 0 Å². The molecule has 102 valence electrons. The zero-order valence-electron chi connectivity index (χ0n) is 11.3. The third kappa shape index (κ3) is 3.62. The maximum Gasteiger partial charge on any atom is 0.161 e. The van der Waals surface area contributed by atoms with Gasteiger partial charge in [-0.05, 0) is 30.5 Å². The van der Waals surface area contributed by atoms with E-state index >= 15 is 0 Å². The van der Waals surface area contributed by atoms with Crippen molar-refractivity contribution >= 4 is 0 Å². The second-order valence-corrected chi connectivity index (χ2v) is 4.36. The van der Waals surface area contributed by atoms with Crippen molar-refractivity contribution in [1.82, 2.24) is 0 Å². The van der Waals surface area contributed by atoms with E-state index in [-0.39, 0.29) is 13.2 Å². The Morgan fingerprint density at radius 2 is 1.83 bits per heavy atom. The fourth-order valence-corrected chi connectivity index (χ4v) is 1.60. The lowest BCUT2D eigenvalue weighted by molar-refractivity contribution is -0.0119. The average molecular weight is 254 g/mol. The minimum Gasteiger partial charge on any atom is -0.493 e. The Morgan fingerprint density at radius 1 is 1.17 bits per heavy atom. The molecule has 0 aliphatic rings. The molecule has 0 heterocycles. The number of rotatable bonds is 7. The maximum absolute atomic E-state index is 10.2. The number of hydrogen-bond acceptors (Lipinski definition) is 4. The predicted molar refractivity (Wildman–Crippen MR) is 69.9 cm³/mol. The summed E-state index contributed by atoms with van der Waals surface area (Å²) < 4.78 is 10.8. The van der Waals surface area contributed by atoms with Crippen LogP contribution in [-0.2, 0) is 6.61 Å². The van der Waals surface area contributed by atoms with E-state index < -0.39 is 5.60 Å². The standard InChI is InChI=1S/C14H22O4/c1-4-14(16,5-2)10-18-13-8-11(9-15)6-7-12(13)17-3/h6-8,15-16H,4-5,9-10H2,1-3H3. The van der Waals surface area contributed by atoms with Gasteiger partial charge < -0.3 is 19.7 Å². The first-order valence-electron chi connectivity index (χ1n) is 6.21. The van der Waals surface area contributed by atoms with Gasteiger partial charge in [-0.25, -0.2) is 0 Å². The summed E-state index contributed by atoms with van der Waals surface area (Å²) in [6.45, 7) is 4.01. The summed E-state index contributed by atoms with van der Waals surface area (Å²) in [7, 11) is 1.56. The predicted octanol–water partition coefficient (Wildman–Crippen LogP) is 2.12. The van der Waals surface area contributed by atoms with Gasteiger partial charge in [-0.15, -0.1) is 0 Å². The Kier molecular flexibility index (Phi) is 5.44. The van der Waals surface area contributed by atoms with Crippen molar-refractivity contribution in [3.05, 3.63) is 23.8 Å². The molecule has 0 spiro atoms. The van der Waals surface area contributed by atoms with E-state index in [9.17, 15) is 5.11 Å². The molecule has 1 aromatic carbocycles. The third-order valence-electron chi connectivity index (χ3n) is 3.22. The van der Waals surface area contributed by atoms with Gasteiger partial charge in [0.2, 0.25) is 0 Å². The van der Waals surface area contributed by atoms with Crippen molar-refractivity contribution < 1.29 is 19.7 Å². The van der Waals surface area contributed by atoms with Crippen LogP contribution in [0.5, 0.6) is 11.5 Å². The van der Waals surface area contributed by atoms with Gasteiger partial charge in [-0.2, -0.15) is 0 Å². The first-order valence-corrected chi connectivity index (χ1v) is 6.21. The topological polar surface area (TPSA) is 58.9 Å². The molecule has 0 aliphatic carbocycles. The Morgan fingerprint density at radius 3 is 2.33 bits per heavy atom. The number of ether oxygens (including phenoxy) is 2. The third-order valence-corrected chi connectivity index (χ3v) is 3.22. The summed E-state index contributed by atoms with van der Waals surface area (Å²) >= 11 is 0. The van der Waals surface area contributed by atoms with E-state index in [0.29, 0.717) is 24.3 Å². The maximum atomic E-state index is 10.2. The molecule has 0 radical (unpaired) electrons. The SMILES string of the molecule is CCC(O)(CC)COc1cc(CO)ccc1OC. The van der Waals surface area contributed by atoms with Crippen LogP contribution in [0.2, 0.25) is 0 Å². The lowest BCUT2D eigenvalue weighted by Gasteiger charge is -2.25. The van der Waals surface area contributed by atoms with Gasteiger partial charge >= 0.3 is 0 Å². The van der Waals surface area contributed by atoms with Crippen molar-refractivity contribution in [2.45, 2.75) is 38.9 Å². The van der Waals surface area contributed by atoms with Gasteiger partial charge in [-0.1, -0.05) is 19.9 Å². The highest BCUT2D eigenvalue weighted by Crippen LogP contribution is 2.29. The number of aliphatic hydroxyl groups excluding tert-OH is 1. The van der Waals surface area contributed by atoms with E-state index in [1.54, 1.807) is 25.3 Å². The smallest absolute Gasteiger partial charge is 0.161 e. The van der Waals surface area contributed by atoms with E-state index in [1.165, 1.54) is 0 Å². The molecule has 0 unspecified atom stereocenters. The first kappa shape index (κ1) is 14.8. The second-order valence-electron chi connectivity index (χ2n) is 4.36. The van der Waals surface area contributed by atoms with Crippen molar-refractivity contribution in [3.63, 3.8) is 0 Å². The molecule has 4 heteroatoms. The largest absolute Gasteiger partial charge is 0.493 e. The normalized spacial score (nSPS) is 11.4. The Hall–Kier alpha value is -1.26. The summed E-state index contributed by atoms with van der Waals surface area (Å²) in [5.74, 6) is 1.14. The molecule has 4 nitrogen and oxygen atoms in total. The molecule has 1 rings (SSSR count). The zero-order chi connectivity index (χ0) is 13.6. The van der Waals surface area contributed by atoms with E-state index in [0.717, 1.165) is 5.56 Å². The fraction of sp³-hybridized carbons (Fsp3) is 0.571. The lowest BCUT2D eigenvalue weighted by Crippen LogP contribution is -2.34. The van der Waals surface area contributed by atoms with Crippen molar-refractivity contribution in [2.24, 2.45) is 0 Å². The number of methoxy groups -OCH3 is 1. The molecule has 0 atom stereocenters. The summed E-state index contributed by atoms with van der Waals surface area (Å²) in [4.78, 5) is 0. The molecule has 2 N–H and O–H groups in total. The average Bonchev–Trinajstić information content (AvgIpc) is 2.44. The van der Waals surface area contributed by atoms with Gasteiger partial charge in [0.05, 0.1) is 19.3 Å². The highest BCUT2D eigenvalue weighted by Gasteiger charge is 2.23. The second kappa shape index (κ2) is 6.61. The summed E-state index contributed by atoms with van der Waals surface area (Å²) in [5, 5.41) is 19.3. The summed E-state index contributed by atoms with van der Waals surface area (Å²) in [6, 6.07) is 5.25. The zero-order valence-corrected chi connectivity index (χ0v) is 11.3. The van der Waals surface area contributed by atoms with E-state index in [2.05, 4.69) is 0 Å². The van der Waals surface area contributed by atoms with Crippen LogP contribution in [0.25, 0.3) is 0 Å². The van der Waals surface area contributed by atoms with Crippen LogP contribution >= 0.6 is 0 Å². The number of aliphatic hydroxyl groups is 2. The Labute approximate surface area is 108 Å². The monoisotopic (exact) mass is 254 g/mol. The van der Waals surface area contributed by atoms with Crippen LogP contribution in [-0.4, -0.2) is 29.5 Å². The van der Waals surface area contributed by atoms with Crippen molar-refractivity contribution in [2.75, 3.05) is 13.7 Å². The molecule has 0 bridgehead atoms. The molecular weight excluding hydrogens is 232 g/mol. The number of hydrogen-bond donors (Lipinski definition) is 2.